The van der Waals surface area contributed by atoms with Crippen LogP contribution in [0.15, 0.2) is 29.3 Å². The molecule has 0 radical (unpaired) electrons. The lowest BCUT2D eigenvalue weighted by molar-refractivity contribution is 0.0799. The van der Waals surface area contributed by atoms with Crippen LogP contribution in [0.2, 0.25) is 0 Å². The van der Waals surface area contributed by atoms with E-state index in [4.69, 9.17) is 0 Å². The summed E-state index contributed by atoms with van der Waals surface area (Å²) >= 11 is 0. The molecule has 3 rings (SSSR count). The number of nitrogens with zero attached hydrogens (tertiary/aromatic N) is 2. The topological polar surface area (TPSA) is 49.7 Å². The Balaban J connectivity index is 2.20. The van der Waals surface area contributed by atoms with Crippen LogP contribution < -0.4 is 0 Å². The van der Waals surface area contributed by atoms with Crippen LogP contribution in [0, 0.1) is 0 Å². The van der Waals surface area contributed by atoms with Crippen molar-refractivity contribution in [2.75, 3.05) is 7.05 Å². The van der Waals surface area contributed by atoms with Gasteiger partial charge in [-0.25, -0.2) is 0 Å². The van der Waals surface area contributed by atoms with E-state index in [0.717, 1.165) is 0 Å². The lowest BCUT2D eigenvalue weighted by Gasteiger charge is -2.27. The standard InChI is InChI=1S/C12H10N2O2/c1-14-6-13-9-10(14)12(16)8-5-3-2-4-7(8)11(9)15/h2-6,9-10H,1H3. The van der Waals surface area contributed by atoms with Crippen molar-refractivity contribution in [2.45, 2.75) is 12.1 Å². The van der Waals surface area contributed by atoms with Gasteiger partial charge in [-0.1, -0.05) is 24.3 Å². The SMILES string of the molecule is CN1C=NC2C(=O)c3ccccc3C(=O)C21. The van der Waals surface area contributed by atoms with Crippen molar-refractivity contribution in [3.63, 3.8) is 0 Å². The van der Waals surface area contributed by atoms with Gasteiger partial charge < -0.3 is 4.90 Å². The van der Waals surface area contributed by atoms with E-state index in [0.29, 0.717) is 11.1 Å². The summed E-state index contributed by atoms with van der Waals surface area (Å²) in [5.74, 6) is -0.0685. The van der Waals surface area contributed by atoms with Crippen LogP contribution in [0.1, 0.15) is 20.7 Å². The molecule has 0 fully saturated rings. The van der Waals surface area contributed by atoms with Gasteiger partial charge in [-0.15, -0.1) is 0 Å². The van der Waals surface area contributed by atoms with E-state index in [1.54, 1.807) is 42.6 Å². The highest BCUT2D eigenvalue weighted by Gasteiger charge is 2.45. The van der Waals surface area contributed by atoms with Crippen molar-refractivity contribution in [3.05, 3.63) is 35.4 Å². The summed E-state index contributed by atoms with van der Waals surface area (Å²) in [5.41, 5.74) is 1.02. The molecule has 16 heavy (non-hydrogen) atoms. The Hall–Kier alpha value is -1.97. The first-order valence-electron chi connectivity index (χ1n) is 5.13. The average molecular weight is 214 g/mol. The van der Waals surface area contributed by atoms with Crippen LogP contribution in [0.4, 0.5) is 0 Å². The Morgan fingerprint density at radius 2 is 1.75 bits per heavy atom. The Morgan fingerprint density at radius 3 is 2.44 bits per heavy atom. The number of hydrogen-bond donors (Lipinski definition) is 0. The van der Waals surface area contributed by atoms with Gasteiger partial charge in [-0.2, -0.15) is 0 Å². The van der Waals surface area contributed by atoms with E-state index in [1.165, 1.54) is 0 Å². The van der Waals surface area contributed by atoms with Crippen LogP contribution in [-0.2, 0) is 0 Å². The van der Waals surface area contributed by atoms with E-state index >= 15 is 0 Å². The fourth-order valence-electron chi connectivity index (χ4n) is 2.32. The molecule has 1 heterocycles. The van der Waals surface area contributed by atoms with Crippen molar-refractivity contribution in [1.29, 1.82) is 0 Å². The first-order valence-corrected chi connectivity index (χ1v) is 5.13. The number of hydrogen-bond acceptors (Lipinski definition) is 4. The molecule has 1 aliphatic heterocycles. The summed E-state index contributed by atoms with van der Waals surface area (Å²) in [4.78, 5) is 30.1. The predicted octanol–water partition coefficient (Wildman–Crippen LogP) is 0.776. The van der Waals surface area contributed by atoms with E-state index in [1.807, 2.05) is 0 Å². The summed E-state index contributed by atoms with van der Waals surface area (Å²) < 4.78 is 0. The van der Waals surface area contributed by atoms with Gasteiger partial charge in [0.1, 0.15) is 12.1 Å². The average Bonchev–Trinajstić information content (AvgIpc) is 2.69. The smallest absolute Gasteiger partial charge is 0.190 e. The minimum Gasteiger partial charge on any atom is -0.353 e. The third kappa shape index (κ3) is 1.01. The minimum absolute atomic E-state index is 0.0137. The zero-order valence-electron chi connectivity index (χ0n) is 8.75. The van der Waals surface area contributed by atoms with Crippen LogP contribution in [0.25, 0.3) is 0 Å². The fraction of sp³-hybridized carbons (Fsp3) is 0.250. The zero-order valence-corrected chi connectivity index (χ0v) is 8.75. The van der Waals surface area contributed by atoms with E-state index in [-0.39, 0.29) is 11.6 Å². The Morgan fingerprint density at radius 1 is 1.12 bits per heavy atom. The van der Waals surface area contributed by atoms with Gasteiger partial charge in [-0.05, 0) is 0 Å². The van der Waals surface area contributed by atoms with Crippen molar-refractivity contribution in [2.24, 2.45) is 4.99 Å². The van der Waals surface area contributed by atoms with Crippen molar-refractivity contribution >= 4 is 17.9 Å². The molecule has 0 bridgehead atoms. The second-order valence-electron chi connectivity index (χ2n) is 4.09. The number of ketones is 2. The molecule has 4 heteroatoms. The maximum Gasteiger partial charge on any atom is 0.190 e. The van der Waals surface area contributed by atoms with Gasteiger partial charge >= 0.3 is 0 Å². The zero-order chi connectivity index (χ0) is 11.3. The second kappa shape index (κ2) is 3.01. The molecule has 2 unspecified atom stereocenters. The quantitative estimate of drug-likeness (QED) is 0.641. The number of rotatable bonds is 0. The third-order valence-electron chi connectivity index (χ3n) is 3.14. The largest absolute Gasteiger partial charge is 0.353 e. The van der Waals surface area contributed by atoms with E-state index in [2.05, 4.69) is 4.99 Å². The van der Waals surface area contributed by atoms with E-state index < -0.39 is 12.1 Å². The number of fused-ring (bicyclic) bond motifs is 2. The van der Waals surface area contributed by atoms with Crippen molar-refractivity contribution in [1.82, 2.24) is 4.90 Å². The molecular weight excluding hydrogens is 204 g/mol. The Bertz CT molecular complexity index is 522. The minimum atomic E-state index is -0.549. The van der Waals surface area contributed by atoms with E-state index in [9.17, 15) is 9.59 Å². The maximum absolute atomic E-state index is 12.2. The monoisotopic (exact) mass is 214 g/mol. The summed E-state index contributed by atoms with van der Waals surface area (Å²) in [6.45, 7) is 0. The van der Waals surface area contributed by atoms with Gasteiger partial charge in [0.25, 0.3) is 0 Å². The van der Waals surface area contributed by atoms with Crippen molar-refractivity contribution in [3.8, 4) is 0 Å². The molecule has 0 spiro atoms. The van der Waals surface area contributed by atoms with Gasteiger partial charge in [0.2, 0.25) is 0 Å². The number of likely N-dealkylation sites (N-methyl/N-ethyl adjacent to an activating group) is 1. The third-order valence-corrected chi connectivity index (χ3v) is 3.14. The van der Waals surface area contributed by atoms with Gasteiger partial charge in [-0.3, -0.25) is 14.6 Å². The highest BCUT2D eigenvalue weighted by atomic mass is 16.1. The molecule has 1 aromatic rings. The van der Waals surface area contributed by atoms with Crippen LogP contribution in [0.5, 0.6) is 0 Å². The number of benzene rings is 1. The molecule has 0 saturated heterocycles. The highest BCUT2D eigenvalue weighted by molar-refractivity contribution is 6.20. The summed E-state index contributed by atoms with van der Waals surface area (Å²) in [6.07, 6.45) is 1.57. The normalized spacial score (nSPS) is 26.9. The molecule has 1 aliphatic carbocycles. The molecular formula is C12H10N2O2. The summed E-state index contributed by atoms with van der Waals surface area (Å²) in [7, 11) is 1.77. The van der Waals surface area contributed by atoms with Gasteiger partial charge in [0, 0.05) is 18.2 Å². The lowest BCUT2D eigenvalue weighted by Crippen LogP contribution is -2.48. The molecule has 4 nitrogen and oxygen atoms in total. The fourth-order valence-corrected chi connectivity index (χ4v) is 2.32. The highest BCUT2D eigenvalue weighted by Crippen LogP contribution is 2.28. The second-order valence-corrected chi connectivity index (χ2v) is 4.09. The summed E-state index contributed by atoms with van der Waals surface area (Å²) in [5, 5.41) is 0. The molecule has 2 aliphatic rings. The number of Topliss-reactive ketones (excluding diaryl/α,β-unsaturated/α-hetero) is 2. The first kappa shape index (κ1) is 9.27. The number of aliphatic imine (C=N–C) groups is 1. The van der Waals surface area contributed by atoms with Crippen LogP contribution in [-0.4, -0.2) is 41.9 Å². The molecule has 0 N–H and O–H groups in total. The molecule has 0 saturated carbocycles. The number of carbonyl (C=O) groups excluding carboxylic acids is 2. The maximum atomic E-state index is 12.2. The molecule has 0 amide bonds. The first-order chi connectivity index (χ1) is 7.70. The number of carbonyl (C=O) groups is 2. The molecule has 1 aromatic carbocycles. The van der Waals surface area contributed by atoms with Crippen LogP contribution in [0.3, 0.4) is 0 Å². The molecule has 2 atom stereocenters. The predicted molar refractivity (Wildman–Crippen MR) is 58.9 cm³/mol. The van der Waals surface area contributed by atoms with Gasteiger partial charge in [0.05, 0.1) is 6.34 Å². The lowest BCUT2D eigenvalue weighted by atomic mass is 9.83. The molecule has 0 aromatic heterocycles. The summed E-state index contributed by atoms with van der Waals surface area (Å²) in [6, 6.07) is 5.96. The Labute approximate surface area is 92.6 Å². The van der Waals surface area contributed by atoms with Crippen molar-refractivity contribution < 1.29 is 9.59 Å². The van der Waals surface area contributed by atoms with Gasteiger partial charge in [0.15, 0.2) is 11.6 Å². The molecule has 80 valence electrons. The van der Waals surface area contributed by atoms with Crippen LogP contribution >= 0.6 is 0 Å². The Kier molecular flexibility index (Phi) is 1.74.